The molecule has 0 radical (unpaired) electrons. The second kappa shape index (κ2) is 16.8. The molecule has 11 nitrogen and oxygen atoms in total. The molecule has 3 heterocycles. The van der Waals surface area contributed by atoms with Crippen LogP contribution in [-0.4, -0.2) is 59.9 Å². The molecular weight excluding hydrogens is 711 g/mol. The van der Waals surface area contributed by atoms with E-state index in [2.05, 4.69) is 42.5 Å². The minimum absolute atomic E-state index is 0.161. The average molecular weight is 758 g/mol. The number of amides is 3. The smallest absolute Gasteiger partial charge is 0.419 e. The van der Waals surface area contributed by atoms with Crippen LogP contribution in [0.3, 0.4) is 0 Å². The number of aromatic nitrogens is 1. The lowest BCUT2D eigenvalue weighted by atomic mass is 9.86. The van der Waals surface area contributed by atoms with Gasteiger partial charge in [0.05, 0.1) is 34.3 Å². The molecule has 55 heavy (non-hydrogen) atoms. The lowest BCUT2D eigenvalue weighted by Gasteiger charge is -2.34. The van der Waals surface area contributed by atoms with Gasteiger partial charge in [0.1, 0.15) is 17.6 Å². The number of hydrogen-bond acceptors (Lipinski definition) is 9. The molecule has 4 aromatic rings. The topological polar surface area (TPSA) is 137 Å². The zero-order chi connectivity index (χ0) is 39.3. The summed E-state index contributed by atoms with van der Waals surface area (Å²) in [4.78, 5) is 43.0. The first kappa shape index (κ1) is 39.1. The molecule has 2 aliphatic rings. The number of likely N-dealkylation sites (tertiary alicyclic amines) is 1. The minimum Gasteiger partial charge on any atom is -0.489 e. The number of pyridine rings is 1. The summed E-state index contributed by atoms with van der Waals surface area (Å²) in [7, 11) is 1.45. The molecule has 0 saturated carbocycles. The van der Waals surface area contributed by atoms with E-state index in [-0.39, 0.29) is 46.6 Å². The van der Waals surface area contributed by atoms with Gasteiger partial charge in [0, 0.05) is 38.0 Å². The number of ether oxygens (including phenoxy) is 1. The first-order valence-corrected chi connectivity index (χ1v) is 18.4. The Morgan fingerprint density at radius 2 is 1.65 bits per heavy atom. The van der Waals surface area contributed by atoms with E-state index in [1.165, 1.54) is 19.2 Å². The molecule has 2 saturated heterocycles. The van der Waals surface area contributed by atoms with Gasteiger partial charge in [-0.3, -0.25) is 24.6 Å². The Labute approximate surface area is 318 Å². The van der Waals surface area contributed by atoms with Gasteiger partial charge in [0.25, 0.3) is 5.91 Å². The minimum atomic E-state index is -4.70. The third kappa shape index (κ3) is 9.55. The number of piperidine rings is 2. The Bertz CT molecular complexity index is 2050. The van der Waals surface area contributed by atoms with Crippen molar-refractivity contribution in [2.75, 3.05) is 36.1 Å². The SMILES string of the molecule is CNC(=O)c1ccccc1Nc1cc(Nc2cc(C)c(C3CCN(Cc4ccccc4NC4CCC(=O)NC4=O)CC3)cc2OC(C)C)ncc1C(F)(F)F. The molecule has 3 aromatic carbocycles. The lowest BCUT2D eigenvalue weighted by Crippen LogP contribution is -2.47. The van der Waals surface area contributed by atoms with Crippen molar-refractivity contribution < 1.29 is 32.3 Å². The van der Waals surface area contributed by atoms with Gasteiger partial charge in [0.2, 0.25) is 11.8 Å². The number of benzene rings is 3. The number of aryl methyl sites for hydroxylation is 1. The van der Waals surface area contributed by atoms with Crippen LogP contribution >= 0.6 is 0 Å². The van der Waals surface area contributed by atoms with Gasteiger partial charge in [-0.05, 0) is 106 Å². The monoisotopic (exact) mass is 757 g/mol. The third-order valence-corrected chi connectivity index (χ3v) is 9.88. The van der Waals surface area contributed by atoms with Crippen LogP contribution < -0.4 is 31.3 Å². The predicted octanol–water partition coefficient (Wildman–Crippen LogP) is 7.64. The number of halogens is 3. The van der Waals surface area contributed by atoms with Gasteiger partial charge in [-0.2, -0.15) is 13.2 Å². The predicted molar refractivity (Wildman–Crippen MR) is 206 cm³/mol. The summed E-state index contributed by atoms with van der Waals surface area (Å²) in [5, 5.41) is 14.3. The molecule has 1 unspecified atom stereocenters. The number of imide groups is 1. The quantitative estimate of drug-likeness (QED) is 0.0924. The molecule has 0 spiro atoms. The molecule has 1 aromatic heterocycles. The number of nitrogens with one attached hydrogen (secondary N) is 5. The number of hydrogen-bond donors (Lipinski definition) is 5. The summed E-state index contributed by atoms with van der Waals surface area (Å²) in [6, 6.07) is 19.1. The highest BCUT2D eigenvalue weighted by molar-refractivity contribution is 6.01. The van der Waals surface area contributed by atoms with E-state index in [0.29, 0.717) is 30.8 Å². The zero-order valence-corrected chi connectivity index (χ0v) is 31.3. The van der Waals surface area contributed by atoms with E-state index < -0.39 is 23.7 Å². The number of para-hydroxylation sites is 2. The van der Waals surface area contributed by atoms with Gasteiger partial charge in [-0.1, -0.05) is 30.3 Å². The molecule has 2 aliphatic heterocycles. The fourth-order valence-electron chi connectivity index (χ4n) is 7.11. The van der Waals surface area contributed by atoms with Crippen LogP contribution in [0.15, 0.2) is 72.9 Å². The van der Waals surface area contributed by atoms with E-state index in [4.69, 9.17) is 4.74 Å². The molecule has 3 amide bonds. The molecule has 2 fully saturated rings. The van der Waals surface area contributed by atoms with Gasteiger partial charge < -0.3 is 26.0 Å². The van der Waals surface area contributed by atoms with Gasteiger partial charge in [-0.25, -0.2) is 4.98 Å². The summed E-state index contributed by atoms with van der Waals surface area (Å²) < 4.78 is 48.7. The number of carbonyl (C=O) groups is 3. The van der Waals surface area contributed by atoms with Gasteiger partial charge in [-0.15, -0.1) is 0 Å². The standard InChI is InChI=1S/C41H46F3N7O4/c1-24(2)55-36-20-29(26-15-17-51(18-16-26)23-27-9-5-7-11-31(27)47-33-13-14-38(52)50-40(33)54)25(3)19-35(36)49-37-21-34(30(22-46-37)41(42,43)44)48-32-12-8-6-10-28(32)39(53)45-4/h5-12,19-22,24,26,33,47H,13-18,23H2,1-4H3,(H,45,53)(H2,46,48,49)(H,50,52,54). The summed E-state index contributed by atoms with van der Waals surface area (Å²) in [5.74, 6) is -0.00336. The normalized spacial score (nSPS) is 16.8. The molecule has 0 aliphatic carbocycles. The molecule has 14 heteroatoms. The van der Waals surface area contributed by atoms with Crippen molar-refractivity contribution >= 4 is 46.3 Å². The highest BCUT2D eigenvalue weighted by Gasteiger charge is 2.35. The second-order valence-corrected chi connectivity index (χ2v) is 14.2. The number of carbonyl (C=O) groups excluding carboxylic acids is 3. The summed E-state index contributed by atoms with van der Waals surface area (Å²) >= 11 is 0. The molecule has 5 N–H and O–H groups in total. The highest BCUT2D eigenvalue weighted by atomic mass is 19.4. The summed E-state index contributed by atoms with van der Waals surface area (Å²) in [5.41, 5.74) is 3.86. The van der Waals surface area contributed by atoms with Crippen LogP contribution in [0.4, 0.5) is 41.7 Å². The molecule has 0 bridgehead atoms. The number of rotatable bonds is 12. The second-order valence-electron chi connectivity index (χ2n) is 14.2. The van der Waals surface area contributed by atoms with Crippen LogP contribution in [0.25, 0.3) is 0 Å². The third-order valence-electron chi connectivity index (χ3n) is 9.88. The highest BCUT2D eigenvalue weighted by Crippen LogP contribution is 2.41. The van der Waals surface area contributed by atoms with Crippen LogP contribution in [-0.2, 0) is 22.3 Å². The van der Waals surface area contributed by atoms with Crippen molar-refractivity contribution in [2.45, 2.75) is 77.2 Å². The average Bonchev–Trinajstić information content (AvgIpc) is 3.14. The van der Waals surface area contributed by atoms with Crippen molar-refractivity contribution in [1.82, 2.24) is 20.5 Å². The number of nitrogens with zero attached hydrogens (tertiary/aromatic N) is 2. The summed E-state index contributed by atoms with van der Waals surface area (Å²) in [6.07, 6.45) is -1.53. The maximum Gasteiger partial charge on any atom is 0.419 e. The Morgan fingerprint density at radius 1 is 0.945 bits per heavy atom. The van der Waals surface area contributed by atoms with Crippen LogP contribution in [0.2, 0.25) is 0 Å². The Morgan fingerprint density at radius 3 is 2.35 bits per heavy atom. The first-order chi connectivity index (χ1) is 26.3. The molecule has 290 valence electrons. The molecule has 1 atom stereocenters. The first-order valence-electron chi connectivity index (χ1n) is 18.4. The fourth-order valence-corrected chi connectivity index (χ4v) is 7.11. The largest absolute Gasteiger partial charge is 0.489 e. The lowest BCUT2D eigenvalue weighted by molar-refractivity contribution is -0.137. The van der Waals surface area contributed by atoms with E-state index in [0.717, 1.165) is 54.5 Å². The Hall–Kier alpha value is -5.63. The van der Waals surface area contributed by atoms with Gasteiger partial charge in [0.15, 0.2) is 0 Å². The maximum atomic E-state index is 14.1. The summed E-state index contributed by atoms with van der Waals surface area (Å²) in [6.45, 7) is 8.26. The van der Waals surface area contributed by atoms with Crippen molar-refractivity contribution in [3.05, 3.63) is 101 Å². The van der Waals surface area contributed by atoms with E-state index in [9.17, 15) is 27.6 Å². The van der Waals surface area contributed by atoms with E-state index >= 15 is 0 Å². The Balaban J connectivity index is 1.18. The van der Waals surface area contributed by atoms with Crippen molar-refractivity contribution in [3.63, 3.8) is 0 Å². The van der Waals surface area contributed by atoms with Gasteiger partial charge >= 0.3 is 6.18 Å². The van der Waals surface area contributed by atoms with Crippen molar-refractivity contribution in [3.8, 4) is 5.75 Å². The molecule has 6 rings (SSSR count). The molecular formula is C41H46F3N7O4. The van der Waals surface area contributed by atoms with E-state index in [1.807, 2.05) is 51.1 Å². The number of alkyl halides is 3. The van der Waals surface area contributed by atoms with Crippen molar-refractivity contribution in [1.29, 1.82) is 0 Å². The van der Waals surface area contributed by atoms with E-state index in [1.54, 1.807) is 18.2 Å². The Kier molecular flexibility index (Phi) is 11.9. The van der Waals surface area contributed by atoms with Crippen molar-refractivity contribution in [2.24, 2.45) is 0 Å². The fraction of sp³-hybridized carbons (Fsp3) is 0.366. The zero-order valence-electron chi connectivity index (χ0n) is 31.3. The van der Waals surface area contributed by atoms with Crippen LogP contribution in [0.5, 0.6) is 5.75 Å². The van der Waals surface area contributed by atoms with Crippen LogP contribution in [0, 0.1) is 6.92 Å². The van der Waals surface area contributed by atoms with Crippen LogP contribution in [0.1, 0.15) is 78.1 Å². The number of anilines is 5. The maximum absolute atomic E-state index is 14.1.